The van der Waals surface area contributed by atoms with E-state index in [2.05, 4.69) is 5.32 Å². The van der Waals surface area contributed by atoms with E-state index in [-0.39, 0.29) is 31.6 Å². The van der Waals surface area contributed by atoms with Crippen molar-refractivity contribution in [3.63, 3.8) is 0 Å². The molecule has 26 heavy (non-hydrogen) atoms. The maximum atomic E-state index is 12.6. The third-order valence-corrected chi connectivity index (χ3v) is 6.96. The van der Waals surface area contributed by atoms with Crippen molar-refractivity contribution in [2.45, 2.75) is 24.8 Å². The largest absolute Gasteiger partial charge is 0.321 e. The van der Waals surface area contributed by atoms with E-state index >= 15 is 0 Å². The SMILES string of the molecule is CC(C)N(C)S(=O)(=O)c1ccc(Cl)c(C(=O)Nc2cccc(Cl)c2Cl)c1. The smallest absolute Gasteiger partial charge is 0.257 e. The molecule has 0 aliphatic carbocycles. The standard InChI is InChI=1S/C17H17Cl3N2O3S/c1-10(2)22(3)26(24,25)11-7-8-13(18)12(9-11)17(23)21-15-6-4-5-14(19)16(15)20/h4-10H,1-3H3,(H,21,23). The van der Waals surface area contributed by atoms with Crippen LogP contribution in [0.5, 0.6) is 0 Å². The van der Waals surface area contributed by atoms with Crippen LogP contribution in [0, 0.1) is 0 Å². The summed E-state index contributed by atoms with van der Waals surface area (Å²) in [6.45, 7) is 3.50. The molecule has 0 bridgehead atoms. The number of benzene rings is 2. The van der Waals surface area contributed by atoms with Gasteiger partial charge in [0.25, 0.3) is 5.91 Å². The molecule has 9 heteroatoms. The Kier molecular flexibility index (Phi) is 6.58. The van der Waals surface area contributed by atoms with Gasteiger partial charge in [-0.15, -0.1) is 0 Å². The Labute approximate surface area is 167 Å². The Bertz CT molecular complexity index is 946. The third-order valence-electron chi connectivity index (χ3n) is 3.79. The summed E-state index contributed by atoms with van der Waals surface area (Å²) in [5.74, 6) is -0.594. The maximum absolute atomic E-state index is 12.6. The molecule has 2 rings (SSSR count). The molecule has 0 spiro atoms. The minimum Gasteiger partial charge on any atom is -0.321 e. The summed E-state index contributed by atoms with van der Waals surface area (Å²) in [7, 11) is -2.28. The van der Waals surface area contributed by atoms with Crippen molar-refractivity contribution >= 4 is 56.4 Å². The lowest BCUT2D eigenvalue weighted by molar-refractivity contribution is 0.102. The highest BCUT2D eigenvalue weighted by molar-refractivity contribution is 7.89. The molecule has 0 saturated carbocycles. The van der Waals surface area contributed by atoms with Crippen molar-refractivity contribution in [3.05, 3.63) is 57.0 Å². The van der Waals surface area contributed by atoms with Crippen molar-refractivity contribution in [1.29, 1.82) is 0 Å². The van der Waals surface area contributed by atoms with Crippen LogP contribution < -0.4 is 5.32 Å². The van der Waals surface area contributed by atoms with Crippen LogP contribution in [0.4, 0.5) is 5.69 Å². The van der Waals surface area contributed by atoms with Gasteiger partial charge in [-0.3, -0.25) is 4.79 Å². The molecule has 0 aliphatic rings. The number of sulfonamides is 1. The second-order valence-electron chi connectivity index (χ2n) is 5.81. The maximum Gasteiger partial charge on any atom is 0.257 e. The van der Waals surface area contributed by atoms with Gasteiger partial charge >= 0.3 is 0 Å². The molecule has 0 aliphatic heterocycles. The zero-order valence-corrected chi connectivity index (χ0v) is 17.3. The molecule has 0 radical (unpaired) electrons. The number of carbonyl (C=O) groups excluding carboxylic acids is 1. The Hall–Kier alpha value is -1.31. The number of rotatable bonds is 5. The van der Waals surface area contributed by atoms with Crippen LogP contribution in [0.1, 0.15) is 24.2 Å². The number of amides is 1. The van der Waals surface area contributed by atoms with Crippen LogP contribution in [0.3, 0.4) is 0 Å². The quantitative estimate of drug-likeness (QED) is 0.724. The summed E-state index contributed by atoms with van der Waals surface area (Å²) in [5, 5.41) is 3.17. The van der Waals surface area contributed by atoms with Gasteiger partial charge in [0.05, 0.1) is 31.2 Å². The van der Waals surface area contributed by atoms with E-state index in [4.69, 9.17) is 34.8 Å². The molecule has 1 N–H and O–H groups in total. The van der Waals surface area contributed by atoms with E-state index in [0.29, 0.717) is 5.69 Å². The molecule has 0 atom stereocenters. The summed E-state index contributed by atoms with van der Waals surface area (Å²) in [6.07, 6.45) is 0. The van der Waals surface area contributed by atoms with Gasteiger partial charge in [-0.1, -0.05) is 40.9 Å². The van der Waals surface area contributed by atoms with Gasteiger partial charge in [-0.2, -0.15) is 4.31 Å². The fraction of sp³-hybridized carbons (Fsp3) is 0.235. The van der Waals surface area contributed by atoms with Gasteiger partial charge in [-0.05, 0) is 44.2 Å². The van der Waals surface area contributed by atoms with Crippen molar-refractivity contribution in [1.82, 2.24) is 4.31 Å². The molecule has 2 aromatic rings. The monoisotopic (exact) mass is 434 g/mol. The summed E-state index contributed by atoms with van der Waals surface area (Å²) in [6, 6.07) is 8.53. The summed E-state index contributed by atoms with van der Waals surface area (Å²) >= 11 is 18.1. The highest BCUT2D eigenvalue weighted by Crippen LogP contribution is 2.31. The van der Waals surface area contributed by atoms with E-state index in [0.717, 1.165) is 0 Å². The highest BCUT2D eigenvalue weighted by atomic mass is 35.5. The number of hydrogen-bond donors (Lipinski definition) is 1. The zero-order valence-electron chi connectivity index (χ0n) is 14.3. The Balaban J connectivity index is 2.41. The molecular formula is C17H17Cl3N2O3S. The summed E-state index contributed by atoms with van der Waals surface area (Å²) in [5.41, 5.74) is 0.314. The molecular weight excluding hydrogens is 419 g/mol. The first-order valence-electron chi connectivity index (χ1n) is 7.58. The highest BCUT2D eigenvalue weighted by Gasteiger charge is 2.25. The normalized spacial score (nSPS) is 11.8. The van der Waals surface area contributed by atoms with Gasteiger partial charge in [-0.25, -0.2) is 8.42 Å². The second kappa shape index (κ2) is 8.15. The van der Waals surface area contributed by atoms with Gasteiger partial charge < -0.3 is 5.32 Å². The van der Waals surface area contributed by atoms with Crippen molar-refractivity contribution in [3.8, 4) is 0 Å². The zero-order chi connectivity index (χ0) is 19.6. The average molecular weight is 436 g/mol. The predicted molar refractivity (Wildman–Crippen MR) is 106 cm³/mol. The first-order chi connectivity index (χ1) is 12.1. The second-order valence-corrected chi connectivity index (χ2v) is 9.00. The lowest BCUT2D eigenvalue weighted by atomic mass is 10.2. The van der Waals surface area contributed by atoms with E-state index in [1.54, 1.807) is 32.0 Å². The molecule has 140 valence electrons. The number of nitrogens with one attached hydrogen (secondary N) is 1. The van der Waals surface area contributed by atoms with E-state index < -0.39 is 15.9 Å². The van der Waals surface area contributed by atoms with Gasteiger partial charge in [0, 0.05) is 13.1 Å². The molecule has 5 nitrogen and oxygen atoms in total. The predicted octanol–water partition coefficient (Wildman–Crippen LogP) is 4.93. The van der Waals surface area contributed by atoms with Gasteiger partial charge in [0.1, 0.15) is 0 Å². The molecule has 0 saturated heterocycles. The minimum absolute atomic E-state index is 0.0148. The topological polar surface area (TPSA) is 66.5 Å². The van der Waals surface area contributed by atoms with E-state index in [9.17, 15) is 13.2 Å². The molecule has 0 unspecified atom stereocenters. The number of nitrogens with zero attached hydrogens (tertiary/aromatic N) is 1. The van der Waals surface area contributed by atoms with E-state index in [1.165, 1.54) is 29.6 Å². The minimum atomic E-state index is -3.75. The molecule has 0 heterocycles. The summed E-state index contributed by atoms with van der Waals surface area (Å²) in [4.78, 5) is 12.5. The van der Waals surface area contributed by atoms with Crippen LogP contribution in [0.2, 0.25) is 15.1 Å². The fourth-order valence-electron chi connectivity index (χ4n) is 2.07. The third kappa shape index (κ3) is 4.32. The summed E-state index contributed by atoms with van der Waals surface area (Å²) < 4.78 is 26.5. The molecule has 1 amide bonds. The van der Waals surface area contributed by atoms with Crippen LogP contribution >= 0.6 is 34.8 Å². The number of halogens is 3. The molecule has 0 fully saturated rings. The fourth-order valence-corrected chi connectivity index (χ4v) is 4.02. The van der Waals surface area contributed by atoms with Crippen LogP contribution in [0.15, 0.2) is 41.3 Å². The van der Waals surface area contributed by atoms with Crippen molar-refractivity contribution in [2.75, 3.05) is 12.4 Å². The van der Waals surface area contributed by atoms with Gasteiger partial charge in [0.2, 0.25) is 10.0 Å². The lowest BCUT2D eigenvalue weighted by Gasteiger charge is -2.21. The van der Waals surface area contributed by atoms with Crippen molar-refractivity contribution < 1.29 is 13.2 Å². The molecule has 0 aromatic heterocycles. The lowest BCUT2D eigenvalue weighted by Crippen LogP contribution is -2.33. The van der Waals surface area contributed by atoms with Crippen LogP contribution in [0.25, 0.3) is 0 Å². The first kappa shape index (κ1) is 21.0. The van der Waals surface area contributed by atoms with Crippen LogP contribution in [-0.4, -0.2) is 31.7 Å². The van der Waals surface area contributed by atoms with Crippen molar-refractivity contribution in [2.24, 2.45) is 0 Å². The van der Waals surface area contributed by atoms with Gasteiger partial charge in [0.15, 0.2) is 0 Å². The Morgan fingerprint density at radius 3 is 2.35 bits per heavy atom. The average Bonchev–Trinajstić information content (AvgIpc) is 2.58. The molecule has 2 aromatic carbocycles. The first-order valence-corrected chi connectivity index (χ1v) is 10.2. The van der Waals surface area contributed by atoms with E-state index in [1.807, 2.05) is 0 Å². The number of carbonyl (C=O) groups is 1. The van der Waals surface area contributed by atoms with Crippen LogP contribution in [-0.2, 0) is 10.0 Å². The number of anilines is 1. The number of hydrogen-bond acceptors (Lipinski definition) is 3. The Morgan fingerprint density at radius 1 is 1.08 bits per heavy atom. The Morgan fingerprint density at radius 2 is 1.73 bits per heavy atom.